The number of fused-ring (bicyclic) bond motifs is 3. The van der Waals surface area contributed by atoms with Gasteiger partial charge in [-0.15, -0.1) is 0 Å². The van der Waals surface area contributed by atoms with Crippen molar-refractivity contribution in [2.75, 3.05) is 0 Å². The van der Waals surface area contributed by atoms with Crippen LogP contribution in [0.4, 0.5) is 13.2 Å². The molecule has 0 atom stereocenters. The Hall–Kier alpha value is 2.95. The quantitative estimate of drug-likeness (QED) is 0.334. The molecule has 1 aromatic carbocycles. The SMILES string of the molecule is Cc1cnc2c3ccc(C(F)(F)F)cc3nc(C(C)(C)C)n12.S=S=S=S=S=S=S=S=S=S=S=S=S=S=S=S=S=S=S=S=S=S=S. The predicted molar refractivity (Wildman–Crippen MR) is 248 cm³/mol. The lowest BCUT2D eigenvalue weighted by molar-refractivity contribution is -0.137. The van der Waals surface area contributed by atoms with E-state index in [0.717, 1.165) is 17.8 Å². The van der Waals surface area contributed by atoms with Crippen molar-refractivity contribution in [1.29, 1.82) is 0 Å². The maximum absolute atomic E-state index is 12.9. The smallest absolute Gasteiger partial charge is 0.284 e. The Balaban J connectivity index is 0.000000313. The van der Waals surface area contributed by atoms with Gasteiger partial charge in [-0.2, -0.15) is 13.2 Å². The first-order valence-corrected chi connectivity index (χ1v) is 39.9. The van der Waals surface area contributed by atoms with Crippen LogP contribution in [0.2, 0.25) is 0 Å². The predicted octanol–water partition coefficient (Wildman–Crippen LogP) is 4.45. The lowest BCUT2D eigenvalue weighted by atomic mass is 9.95. The highest BCUT2D eigenvalue weighted by Crippen LogP contribution is 2.33. The number of hydrogen-bond acceptors (Lipinski definition) is 4. The van der Waals surface area contributed by atoms with E-state index >= 15 is 0 Å². The highest BCUT2D eigenvalue weighted by atomic mass is 33.5. The van der Waals surface area contributed by atoms with E-state index in [2.05, 4.69) is 9.97 Å². The van der Waals surface area contributed by atoms with E-state index in [1.54, 1.807) is 148 Å². The average Bonchev–Trinajstić information content (AvgIpc) is 3.38. The molecule has 0 N–H and O–H groups in total. The summed E-state index contributed by atoms with van der Waals surface area (Å²) in [4.78, 5) is 8.86. The summed E-state index contributed by atoms with van der Waals surface area (Å²) in [6, 6.07) is 3.61. The first kappa shape index (κ1) is 44.1. The van der Waals surface area contributed by atoms with Gasteiger partial charge < -0.3 is 0 Å². The van der Waals surface area contributed by atoms with Crippen molar-refractivity contribution in [1.82, 2.24) is 14.4 Å². The van der Waals surface area contributed by atoms with Gasteiger partial charge in [0.1, 0.15) is 11.5 Å². The van der Waals surface area contributed by atoms with Crippen LogP contribution in [0.3, 0.4) is 0 Å². The lowest BCUT2D eigenvalue weighted by Crippen LogP contribution is -2.19. The van der Waals surface area contributed by atoms with Crippen LogP contribution in [-0.4, -0.2) is 14.4 Å². The van der Waals surface area contributed by atoms with Gasteiger partial charge in [-0.3, -0.25) is 4.40 Å². The number of halogens is 3. The summed E-state index contributed by atoms with van der Waals surface area (Å²) in [6.45, 7) is 7.85. The number of alkyl halides is 3. The van der Waals surface area contributed by atoms with Gasteiger partial charge in [0.05, 0.1) is 11.1 Å². The molecule has 0 fully saturated rings. The highest BCUT2D eigenvalue weighted by Gasteiger charge is 2.31. The molecule has 0 saturated carbocycles. The zero-order valence-corrected chi connectivity index (χ0v) is 41.0. The second-order valence-electron chi connectivity index (χ2n) is 7.90. The van der Waals surface area contributed by atoms with Crippen LogP contribution in [0.25, 0.3) is 16.6 Å². The zero-order chi connectivity index (χ0) is 33.1. The maximum atomic E-state index is 12.9. The summed E-state index contributed by atoms with van der Waals surface area (Å²) in [5, 5.41) is 0.620. The van der Waals surface area contributed by atoms with Gasteiger partial charge in [-0.1, -0.05) is 20.8 Å². The van der Waals surface area contributed by atoms with E-state index in [1.165, 1.54) is 23.8 Å². The molecule has 0 amide bonds. The highest BCUT2D eigenvalue weighted by molar-refractivity contribution is 8.78. The van der Waals surface area contributed by atoms with E-state index in [1.807, 2.05) is 58.7 Å². The first-order chi connectivity index (χ1) is 21.5. The third-order valence-corrected chi connectivity index (χ3v) is 48.6. The molecule has 0 aliphatic carbocycles. The van der Waals surface area contributed by atoms with E-state index in [-0.39, 0.29) is 5.41 Å². The maximum Gasteiger partial charge on any atom is 0.416 e. The van der Waals surface area contributed by atoms with Gasteiger partial charge in [0, 0.05) is 232 Å². The van der Waals surface area contributed by atoms with Gasteiger partial charge in [0.25, 0.3) is 0 Å². The molecular formula is C16H16F3N3S23. The van der Waals surface area contributed by atoms with Crippen LogP contribution in [0.1, 0.15) is 37.9 Å². The van der Waals surface area contributed by atoms with Gasteiger partial charge in [0.15, 0.2) is 0 Å². The number of benzene rings is 1. The fourth-order valence-electron chi connectivity index (χ4n) is 2.77. The third-order valence-electron chi connectivity index (χ3n) is 4.17. The van der Waals surface area contributed by atoms with Gasteiger partial charge in [-0.25, -0.2) is 9.97 Å². The van der Waals surface area contributed by atoms with E-state index in [0.29, 0.717) is 22.4 Å². The van der Waals surface area contributed by atoms with Crippen molar-refractivity contribution in [3.63, 3.8) is 0 Å². The summed E-state index contributed by atoms with van der Waals surface area (Å²) >= 11 is 9.54. The zero-order valence-electron chi connectivity index (χ0n) is 22.2. The number of aromatic nitrogens is 3. The van der Waals surface area contributed by atoms with Gasteiger partial charge >= 0.3 is 6.18 Å². The van der Waals surface area contributed by atoms with Crippen molar-refractivity contribution in [3.8, 4) is 0 Å². The minimum absolute atomic E-state index is 0.313. The Bertz CT molecular complexity index is 2420. The molecule has 0 aliphatic rings. The second kappa shape index (κ2) is 25.0. The van der Waals surface area contributed by atoms with Crippen molar-refractivity contribution in [2.45, 2.75) is 39.3 Å². The molecule has 0 unspecified atom stereocenters. The molecule has 3 rings (SSSR count). The number of aryl methyl sites for hydroxylation is 1. The molecule has 2 aromatic heterocycles. The Labute approximate surface area is 327 Å². The van der Waals surface area contributed by atoms with Crippen molar-refractivity contribution < 1.29 is 13.2 Å². The third kappa shape index (κ3) is 17.8. The number of hydrogen-bond donors (Lipinski definition) is 0. The van der Waals surface area contributed by atoms with Crippen LogP contribution in [-0.2, 0) is 220 Å². The van der Waals surface area contributed by atoms with Gasteiger partial charge in [0.2, 0.25) is 0 Å². The Morgan fingerprint density at radius 2 is 1.04 bits per heavy atom. The fraction of sp³-hybridized carbons (Fsp3) is 0.375. The van der Waals surface area contributed by atoms with Crippen LogP contribution >= 0.6 is 0 Å². The molecule has 0 saturated heterocycles. The Kier molecular flexibility index (Phi) is 24.5. The first-order valence-electron chi connectivity index (χ1n) is 10.6. The molecule has 3 nitrogen and oxygen atoms in total. The lowest BCUT2D eigenvalue weighted by Gasteiger charge is -2.21. The molecule has 3 aromatic rings. The molecule has 0 bridgehead atoms. The Morgan fingerprint density at radius 1 is 0.644 bits per heavy atom. The van der Waals surface area contributed by atoms with Crippen molar-refractivity contribution >= 4 is 225 Å². The summed E-state index contributed by atoms with van der Waals surface area (Å²) in [5.41, 5.74) is 0.861. The molecule has 0 radical (unpaired) electrons. The van der Waals surface area contributed by atoms with Gasteiger partial charge in [-0.05, 0) is 25.1 Å². The summed E-state index contributed by atoms with van der Waals surface area (Å²) in [5.74, 6) is 0.698. The average molecular weight is 1040 g/mol. The molecule has 29 heteroatoms. The number of imidazole rings is 1. The molecule has 2 heterocycles. The minimum Gasteiger partial charge on any atom is -0.284 e. The topological polar surface area (TPSA) is 30.2 Å². The molecule has 254 valence electrons. The molecular weight excluding hydrogens is 1030 g/mol. The monoisotopic (exact) mass is 1040 g/mol. The summed E-state index contributed by atoms with van der Waals surface area (Å²) in [6.07, 6.45) is -2.67. The molecule has 0 aliphatic heterocycles. The van der Waals surface area contributed by atoms with Crippen LogP contribution in [0, 0.1) is 6.92 Å². The van der Waals surface area contributed by atoms with E-state index in [9.17, 15) is 13.2 Å². The van der Waals surface area contributed by atoms with E-state index in [4.69, 9.17) is 22.4 Å². The van der Waals surface area contributed by atoms with E-state index < -0.39 is 11.7 Å². The van der Waals surface area contributed by atoms with Crippen molar-refractivity contribution in [3.05, 3.63) is 41.5 Å². The molecule has 0 spiro atoms. The standard InChI is InChI=1S/C16H16F3N3.S23/c1-9-8-20-13-11-6-5-10(16(17,18)19)7-12(11)21-14(22(9)13)15(2,3)4;1-3-5-7-9-11-13-15-17-19-21-23-22-20-18-16-14-12-10-8-6-4-2/h5-8H,1-4H3;. The fourth-order valence-corrected chi connectivity index (χ4v) is 54.9. The van der Waals surface area contributed by atoms with Crippen LogP contribution < -0.4 is 0 Å². The largest absolute Gasteiger partial charge is 0.416 e. The molecule has 45 heavy (non-hydrogen) atoms. The second-order valence-corrected chi connectivity index (χ2v) is 45.1. The normalized spacial score (nSPS) is 10.3. The summed E-state index contributed by atoms with van der Waals surface area (Å²) in [7, 11) is 36.3. The number of nitrogens with zero attached hydrogens (tertiary/aromatic N) is 3. The minimum atomic E-state index is -4.38. The van der Waals surface area contributed by atoms with Crippen LogP contribution in [0.5, 0.6) is 0 Å². The van der Waals surface area contributed by atoms with Crippen molar-refractivity contribution in [2.24, 2.45) is 0 Å². The van der Waals surface area contributed by atoms with Crippen LogP contribution in [0.15, 0.2) is 24.4 Å². The Morgan fingerprint density at radius 3 is 1.40 bits per heavy atom. The number of rotatable bonds is 0. The summed E-state index contributed by atoms with van der Waals surface area (Å²) < 4.78 is 40.7.